The fourth-order valence-corrected chi connectivity index (χ4v) is 3.30. The second-order valence-corrected chi connectivity index (χ2v) is 6.59. The predicted octanol–water partition coefficient (Wildman–Crippen LogP) is 4.44. The molecule has 0 radical (unpaired) electrons. The van der Waals surface area contributed by atoms with Crippen LogP contribution in [0.25, 0.3) is 11.4 Å². The Morgan fingerprint density at radius 2 is 2.16 bits per heavy atom. The number of carbonyl (C=O) groups excluding carboxylic acids is 1. The quantitative estimate of drug-likeness (QED) is 0.693. The number of hydrogen-bond acceptors (Lipinski definition) is 5. The summed E-state index contributed by atoms with van der Waals surface area (Å²) < 4.78 is 5.09. The molecular formula is C18H16ClN3O2S. The van der Waals surface area contributed by atoms with E-state index in [1.165, 1.54) is 11.3 Å². The average molecular weight is 374 g/mol. The zero-order valence-electron chi connectivity index (χ0n) is 13.5. The second-order valence-electron chi connectivity index (χ2n) is 5.24. The summed E-state index contributed by atoms with van der Waals surface area (Å²) in [4.78, 5) is 20.9. The molecule has 0 spiro atoms. The molecule has 0 aliphatic rings. The first kappa shape index (κ1) is 17.4. The monoisotopic (exact) mass is 373 g/mol. The van der Waals surface area contributed by atoms with Crippen molar-refractivity contribution in [3.8, 4) is 17.1 Å². The van der Waals surface area contributed by atoms with Crippen LogP contribution in [0.5, 0.6) is 5.75 Å². The van der Waals surface area contributed by atoms with E-state index in [2.05, 4.69) is 15.3 Å². The van der Waals surface area contributed by atoms with Gasteiger partial charge in [0, 0.05) is 30.1 Å². The highest BCUT2D eigenvalue weighted by Gasteiger charge is 2.09. The molecule has 0 atom stereocenters. The Kier molecular flexibility index (Phi) is 5.63. The number of nitrogens with one attached hydrogen (secondary N) is 1. The standard InChI is InChI=1S/C18H16ClN3O2S/c1-24-16-6-5-12(10-13(16)19)21-17(23)7-8-18-22-15(11-25-18)14-4-2-3-9-20-14/h2-6,9-11H,7-8H2,1H3,(H,21,23). The number of amides is 1. The van der Waals surface area contributed by atoms with Crippen LogP contribution in [-0.2, 0) is 11.2 Å². The Morgan fingerprint density at radius 1 is 1.28 bits per heavy atom. The first-order valence-electron chi connectivity index (χ1n) is 7.65. The maximum absolute atomic E-state index is 12.1. The van der Waals surface area contributed by atoms with Gasteiger partial charge in [0.15, 0.2) is 0 Å². The summed E-state index contributed by atoms with van der Waals surface area (Å²) >= 11 is 7.59. The number of carbonyl (C=O) groups is 1. The summed E-state index contributed by atoms with van der Waals surface area (Å²) in [6.07, 6.45) is 2.66. The normalized spacial score (nSPS) is 10.5. The summed E-state index contributed by atoms with van der Waals surface area (Å²) in [6, 6.07) is 10.9. The van der Waals surface area contributed by atoms with Crippen molar-refractivity contribution in [1.29, 1.82) is 0 Å². The second kappa shape index (κ2) is 8.09. The largest absolute Gasteiger partial charge is 0.495 e. The van der Waals surface area contributed by atoms with E-state index in [4.69, 9.17) is 16.3 Å². The molecule has 1 N–H and O–H groups in total. The molecular weight excluding hydrogens is 358 g/mol. The minimum Gasteiger partial charge on any atom is -0.495 e. The molecule has 3 rings (SSSR count). The highest BCUT2D eigenvalue weighted by atomic mass is 35.5. The maximum Gasteiger partial charge on any atom is 0.224 e. The number of pyridine rings is 1. The van der Waals surface area contributed by atoms with Crippen LogP contribution in [0.4, 0.5) is 5.69 Å². The number of aryl methyl sites for hydroxylation is 1. The third-order valence-electron chi connectivity index (χ3n) is 3.48. The van der Waals surface area contributed by atoms with Gasteiger partial charge in [0.25, 0.3) is 0 Å². The van der Waals surface area contributed by atoms with Gasteiger partial charge in [-0.1, -0.05) is 17.7 Å². The topological polar surface area (TPSA) is 64.1 Å². The van der Waals surface area contributed by atoms with E-state index in [1.807, 2.05) is 23.6 Å². The SMILES string of the molecule is COc1ccc(NC(=O)CCc2nc(-c3ccccn3)cs2)cc1Cl. The highest BCUT2D eigenvalue weighted by Crippen LogP contribution is 2.27. The lowest BCUT2D eigenvalue weighted by molar-refractivity contribution is -0.116. The van der Waals surface area contributed by atoms with Crippen LogP contribution in [0.3, 0.4) is 0 Å². The lowest BCUT2D eigenvalue weighted by Gasteiger charge is -2.07. The van der Waals surface area contributed by atoms with Crippen LogP contribution >= 0.6 is 22.9 Å². The molecule has 2 aromatic heterocycles. The number of aromatic nitrogens is 2. The van der Waals surface area contributed by atoms with Gasteiger partial charge >= 0.3 is 0 Å². The van der Waals surface area contributed by atoms with Crippen LogP contribution < -0.4 is 10.1 Å². The van der Waals surface area contributed by atoms with E-state index in [1.54, 1.807) is 31.5 Å². The summed E-state index contributed by atoms with van der Waals surface area (Å²) in [5.41, 5.74) is 2.31. The maximum atomic E-state index is 12.1. The third kappa shape index (κ3) is 4.55. The van der Waals surface area contributed by atoms with Crippen molar-refractivity contribution in [2.45, 2.75) is 12.8 Å². The van der Waals surface area contributed by atoms with Crippen LogP contribution in [0.1, 0.15) is 11.4 Å². The van der Waals surface area contributed by atoms with Crippen LogP contribution in [-0.4, -0.2) is 23.0 Å². The lowest BCUT2D eigenvalue weighted by Crippen LogP contribution is -2.12. The summed E-state index contributed by atoms with van der Waals surface area (Å²) in [5.74, 6) is 0.486. The molecule has 0 aliphatic carbocycles. The van der Waals surface area contributed by atoms with E-state index >= 15 is 0 Å². The summed E-state index contributed by atoms with van der Waals surface area (Å²) in [6.45, 7) is 0. The van der Waals surface area contributed by atoms with E-state index in [0.29, 0.717) is 29.3 Å². The Morgan fingerprint density at radius 3 is 2.88 bits per heavy atom. The van der Waals surface area contributed by atoms with Crippen molar-refractivity contribution in [2.24, 2.45) is 0 Å². The van der Waals surface area contributed by atoms with Crippen LogP contribution in [0.15, 0.2) is 48.0 Å². The minimum atomic E-state index is -0.0872. The Balaban J connectivity index is 1.56. The number of benzene rings is 1. The molecule has 0 unspecified atom stereocenters. The highest BCUT2D eigenvalue weighted by molar-refractivity contribution is 7.09. The van der Waals surface area contributed by atoms with Gasteiger partial charge < -0.3 is 10.1 Å². The van der Waals surface area contributed by atoms with Crippen molar-refractivity contribution in [3.05, 3.63) is 58.0 Å². The van der Waals surface area contributed by atoms with Crippen LogP contribution in [0.2, 0.25) is 5.02 Å². The van der Waals surface area contributed by atoms with E-state index < -0.39 is 0 Å². The first-order valence-corrected chi connectivity index (χ1v) is 8.90. The molecule has 7 heteroatoms. The third-order valence-corrected chi connectivity index (χ3v) is 4.68. The molecule has 0 fully saturated rings. The van der Waals surface area contributed by atoms with Crippen molar-refractivity contribution in [3.63, 3.8) is 0 Å². The van der Waals surface area contributed by atoms with Gasteiger partial charge in [0.05, 0.1) is 28.5 Å². The number of nitrogens with zero attached hydrogens (tertiary/aromatic N) is 2. The fourth-order valence-electron chi connectivity index (χ4n) is 2.25. The van der Waals surface area contributed by atoms with Gasteiger partial charge in [0.1, 0.15) is 5.75 Å². The molecule has 1 aromatic carbocycles. The Bertz CT molecular complexity index is 868. The summed E-state index contributed by atoms with van der Waals surface area (Å²) in [7, 11) is 1.55. The van der Waals surface area contributed by atoms with Crippen LogP contribution in [0, 0.1) is 0 Å². The van der Waals surface area contributed by atoms with E-state index in [9.17, 15) is 4.79 Å². The number of methoxy groups -OCH3 is 1. The molecule has 3 aromatic rings. The number of anilines is 1. The van der Waals surface area contributed by atoms with Gasteiger partial charge in [-0.25, -0.2) is 4.98 Å². The van der Waals surface area contributed by atoms with Gasteiger partial charge in [-0.2, -0.15) is 0 Å². The number of halogens is 1. The lowest BCUT2D eigenvalue weighted by atomic mass is 10.2. The van der Waals surface area contributed by atoms with Gasteiger partial charge in [-0.15, -0.1) is 11.3 Å². The molecule has 25 heavy (non-hydrogen) atoms. The molecule has 1 amide bonds. The number of ether oxygens (including phenoxy) is 1. The van der Waals surface area contributed by atoms with Gasteiger partial charge in [-0.3, -0.25) is 9.78 Å². The van der Waals surface area contributed by atoms with Crippen molar-refractivity contribution in [2.75, 3.05) is 12.4 Å². The van der Waals surface area contributed by atoms with Gasteiger partial charge in [0.2, 0.25) is 5.91 Å². The number of rotatable bonds is 6. The number of thiazole rings is 1. The predicted molar refractivity (Wildman–Crippen MR) is 100 cm³/mol. The smallest absolute Gasteiger partial charge is 0.224 e. The molecule has 0 aliphatic heterocycles. The van der Waals surface area contributed by atoms with Crippen molar-refractivity contribution < 1.29 is 9.53 Å². The molecule has 0 saturated carbocycles. The van der Waals surface area contributed by atoms with Gasteiger partial charge in [-0.05, 0) is 30.3 Å². The Labute approximate surface area is 154 Å². The zero-order chi connectivity index (χ0) is 17.6. The molecule has 0 bridgehead atoms. The minimum absolute atomic E-state index is 0.0872. The number of hydrogen-bond donors (Lipinski definition) is 1. The Hall–Kier alpha value is -2.44. The molecule has 128 valence electrons. The summed E-state index contributed by atoms with van der Waals surface area (Å²) in [5, 5.41) is 6.15. The fraction of sp³-hybridized carbons (Fsp3) is 0.167. The zero-order valence-corrected chi connectivity index (χ0v) is 15.1. The first-order chi connectivity index (χ1) is 12.2. The van der Waals surface area contributed by atoms with E-state index in [-0.39, 0.29) is 5.91 Å². The van der Waals surface area contributed by atoms with E-state index in [0.717, 1.165) is 16.4 Å². The molecule has 2 heterocycles. The molecule has 0 saturated heterocycles. The van der Waals surface area contributed by atoms with Crippen molar-refractivity contribution in [1.82, 2.24) is 9.97 Å². The molecule has 5 nitrogen and oxygen atoms in total. The van der Waals surface area contributed by atoms with Crippen molar-refractivity contribution >= 4 is 34.5 Å². The average Bonchev–Trinajstić information content (AvgIpc) is 3.10.